The van der Waals surface area contributed by atoms with Crippen molar-refractivity contribution in [1.82, 2.24) is 10.6 Å². The van der Waals surface area contributed by atoms with Gasteiger partial charge in [0.05, 0.1) is 0 Å². The summed E-state index contributed by atoms with van der Waals surface area (Å²) in [4.78, 5) is 35.1. The quantitative estimate of drug-likeness (QED) is 0.540. The van der Waals surface area contributed by atoms with Gasteiger partial charge in [0.25, 0.3) is 0 Å². The van der Waals surface area contributed by atoms with Crippen LogP contribution in [0.1, 0.15) is 49.7 Å². The van der Waals surface area contributed by atoms with Crippen LogP contribution in [-0.2, 0) is 14.3 Å². The first-order valence-corrected chi connectivity index (χ1v) is 10.6. The van der Waals surface area contributed by atoms with Crippen LogP contribution in [0, 0.1) is 0 Å². The lowest BCUT2D eigenvalue weighted by Gasteiger charge is -2.19. The molecule has 2 amide bonds. The Bertz CT molecular complexity index is 898. The molecule has 0 unspecified atom stereocenters. The van der Waals surface area contributed by atoms with Crippen molar-refractivity contribution in [3.8, 4) is 11.1 Å². The lowest BCUT2D eigenvalue weighted by atomic mass is 9.98. The standard InChI is InChI=1S/C24H28N2O5/c1-2-3-8-16(13-22(27)25-14-23(28)29)26-24(30)31-15-21-19-11-6-4-9-17(19)18-10-5-7-12-20(18)21/h4-7,9-12,16,21H,2-3,8,13-15H2,1H3,(H,25,27)(H,26,30)(H,28,29)/t16-/m0/s1. The fraction of sp³-hybridized carbons (Fsp3) is 0.375. The molecule has 31 heavy (non-hydrogen) atoms. The molecule has 0 radical (unpaired) electrons. The van der Waals surface area contributed by atoms with Gasteiger partial charge >= 0.3 is 12.1 Å². The summed E-state index contributed by atoms with van der Waals surface area (Å²) in [5.41, 5.74) is 4.57. The molecule has 3 N–H and O–H groups in total. The van der Waals surface area contributed by atoms with Gasteiger partial charge in [0, 0.05) is 18.4 Å². The summed E-state index contributed by atoms with van der Waals surface area (Å²) in [5, 5.41) is 13.8. The Balaban J connectivity index is 1.60. The Morgan fingerprint density at radius 2 is 1.65 bits per heavy atom. The fourth-order valence-corrected chi connectivity index (χ4v) is 3.95. The van der Waals surface area contributed by atoms with Crippen LogP contribution in [0.4, 0.5) is 4.79 Å². The molecule has 1 atom stereocenters. The van der Waals surface area contributed by atoms with Gasteiger partial charge in [-0.05, 0) is 28.7 Å². The number of ether oxygens (including phenoxy) is 1. The molecule has 2 aromatic carbocycles. The summed E-state index contributed by atoms with van der Waals surface area (Å²) in [6.45, 7) is 1.78. The predicted molar refractivity (Wildman–Crippen MR) is 117 cm³/mol. The Morgan fingerprint density at radius 1 is 1.03 bits per heavy atom. The summed E-state index contributed by atoms with van der Waals surface area (Å²) in [5.74, 6) is -1.56. The lowest BCUT2D eigenvalue weighted by molar-refractivity contribution is -0.138. The van der Waals surface area contributed by atoms with E-state index in [1.165, 1.54) is 0 Å². The third-order valence-electron chi connectivity index (χ3n) is 5.44. The Labute approximate surface area is 181 Å². The van der Waals surface area contributed by atoms with E-state index < -0.39 is 30.6 Å². The van der Waals surface area contributed by atoms with Crippen LogP contribution in [0.15, 0.2) is 48.5 Å². The largest absolute Gasteiger partial charge is 0.480 e. The maximum Gasteiger partial charge on any atom is 0.407 e. The van der Waals surface area contributed by atoms with Gasteiger partial charge in [-0.3, -0.25) is 9.59 Å². The summed E-state index contributed by atoms with van der Waals surface area (Å²) < 4.78 is 5.55. The van der Waals surface area contributed by atoms with E-state index in [4.69, 9.17) is 9.84 Å². The Kier molecular flexibility index (Phi) is 7.65. The molecule has 0 fully saturated rings. The topological polar surface area (TPSA) is 105 Å². The van der Waals surface area contributed by atoms with E-state index in [0.717, 1.165) is 35.1 Å². The highest BCUT2D eigenvalue weighted by molar-refractivity contribution is 5.82. The fourth-order valence-electron chi connectivity index (χ4n) is 3.95. The number of benzene rings is 2. The summed E-state index contributed by atoms with van der Waals surface area (Å²) in [7, 11) is 0. The number of nitrogens with one attached hydrogen (secondary N) is 2. The third kappa shape index (κ3) is 5.84. The summed E-state index contributed by atoms with van der Waals surface area (Å²) >= 11 is 0. The Morgan fingerprint density at radius 3 is 2.23 bits per heavy atom. The van der Waals surface area contributed by atoms with Gasteiger partial charge in [-0.15, -0.1) is 0 Å². The van der Waals surface area contributed by atoms with Crippen molar-refractivity contribution < 1.29 is 24.2 Å². The SMILES string of the molecule is CCCC[C@@H](CC(=O)NCC(=O)O)NC(=O)OCC1c2ccccc2-c2ccccc21. The van der Waals surface area contributed by atoms with E-state index in [0.29, 0.717) is 6.42 Å². The molecule has 0 aromatic heterocycles. The number of carboxylic acid groups (broad SMARTS) is 1. The maximum atomic E-state index is 12.5. The van der Waals surface area contributed by atoms with Gasteiger partial charge in [-0.1, -0.05) is 68.3 Å². The number of alkyl carbamates (subject to hydrolysis) is 1. The summed E-state index contributed by atoms with van der Waals surface area (Å²) in [6.07, 6.45) is 1.80. The highest BCUT2D eigenvalue weighted by atomic mass is 16.5. The molecule has 0 saturated heterocycles. The highest BCUT2D eigenvalue weighted by Gasteiger charge is 2.29. The summed E-state index contributed by atoms with van der Waals surface area (Å²) in [6, 6.07) is 15.8. The number of amides is 2. The molecular formula is C24H28N2O5. The number of aliphatic carboxylic acids is 1. The average Bonchev–Trinajstić information content (AvgIpc) is 3.08. The van der Waals surface area contributed by atoms with Crippen molar-refractivity contribution in [1.29, 1.82) is 0 Å². The molecule has 0 spiro atoms. The minimum atomic E-state index is -1.11. The van der Waals surface area contributed by atoms with Crippen LogP contribution in [-0.4, -0.2) is 42.3 Å². The lowest BCUT2D eigenvalue weighted by Crippen LogP contribution is -2.40. The van der Waals surface area contributed by atoms with E-state index in [9.17, 15) is 14.4 Å². The number of unbranched alkanes of at least 4 members (excludes halogenated alkanes) is 1. The number of hydrogen-bond donors (Lipinski definition) is 3. The molecule has 7 heteroatoms. The second kappa shape index (κ2) is 10.6. The molecule has 0 saturated carbocycles. The zero-order valence-electron chi connectivity index (χ0n) is 17.6. The molecule has 1 aliphatic rings. The van der Waals surface area contributed by atoms with E-state index in [1.54, 1.807) is 0 Å². The van der Waals surface area contributed by atoms with Gasteiger partial charge in [-0.25, -0.2) is 4.79 Å². The third-order valence-corrected chi connectivity index (χ3v) is 5.44. The van der Waals surface area contributed by atoms with Crippen molar-refractivity contribution in [3.63, 3.8) is 0 Å². The first kappa shape index (κ1) is 22.3. The monoisotopic (exact) mass is 424 g/mol. The number of carboxylic acids is 1. The van der Waals surface area contributed by atoms with Gasteiger partial charge in [0.1, 0.15) is 13.2 Å². The van der Waals surface area contributed by atoms with Crippen LogP contribution in [0.2, 0.25) is 0 Å². The first-order chi connectivity index (χ1) is 15.0. The molecule has 2 aromatic rings. The van der Waals surface area contributed by atoms with Crippen LogP contribution >= 0.6 is 0 Å². The van der Waals surface area contributed by atoms with Crippen molar-refractivity contribution in [2.75, 3.05) is 13.2 Å². The molecule has 1 aliphatic carbocycles. The van der Waals surface area contributed by atoms with E-state index >= 15 is 0 Å². The zero-order chi connectivity index (χ0) is 22.2. The van der Waals surface area contributed by atoms with Crippen LogP contribution in [0.5, 0.6) is 0 Å². The zero-order valence-corrected chi connectivity index (χ0v) is 17.6. The first-order valence-electron chi connectivity index (χ1n) is 10.6. The molecule has 7 nitrogen and oxygen atoms in total. The number of fused-ring (bicyclic) bond motifs is 3. The maximum absolute atomic E-state index is 12.5. The molecule has 3 rings (SSSR count). The average molecular weight is 424 g/mol. The molecule has 164 valence electrons. The van der Waals surface area contributed by atoms with Crippen molar-refractivity contribution in [2.45, 2.75) is 44.6 Å². The predicted octanol–water partition coefficient (Wildman–Crippen LogP) is 3.67. The molecule has 0 bridgehead atoms. The van der Waals surface area contributed by atoms with Crippen LogP contribution in [0.25, 0.3) is 11.1 Å². The van der Waals surface area contributed by atoms with Crippen LogP contribution < -0.4 is 10.6 Å². The van der Waals surface area contributed by atoms with Crippen LogP contribution in [0.3, 0.4) is 0 Å². The number of hydrogen-bond acceptors (Lipinski definition) is 4. The van der Waals surface area contributed by atoms with E-state index in [-0.39, 0.29) is 18.9 Å². The second-order valence-electron chi connectivity index (χ2n) is 7.68. The Hall–Kier alpha value is -3.35. The second-order valence-corrected chi connectivity index (χ2v) is 7.68. The van der Waals surface area contributed by atoms with Gasteiger partial charge in [0.2, 0.25) is 5.91 Å². The highest BCUT2D eigenvalue weighted by Crippen LogP contribution is 2.44. The molecule has 0 aliphatic heterocycles. The molecule has 0 heterocycles. The van der Waals surface area contributed by atoms with Gasteiger partial charge in [-0.2, -0.15) is 0 Å². The number of carbonyl (C=O) groups is 3. The normalized spacial score (nSPS) is 13.1. The van der Waals surface area contributed by atoms with Crippen molar-refractivity contribution in [3.05, 3.63) is 59.7 Å². The number of carbonyl (C=O) groups excluding carboxylic acids is 2. The number of rotatable bonds is 10. The van der Waals surface area contributed by atoms with Gasteiger partial charge < -0.3 is 20.5 Å². The van der Waals surface area contributed by atoms with E-state index in [1.807, 2.05) is 31.2 Å². The van der Waals surface area contributed by atoms with Crippen molar-refractivity contribution >= 4 is 18.0 Å². The van der Waals surface area contributed by atoms with Gasteiger partial charge in [0.15, 0.2) is 0 Å². The minimum Gasteiger partial charge on any atom is -0.480 e. The molecular weight excluding hydrogens is 396 g/mol. The van der Waals surface area contributed by atoms with Crippen molar-refractivity contribution in [2.24, 2.45) is 0 Å². The minimum absolute atomic E-state index is 0.0114. The van der Waals surface area contributed by atoms with E-state index in [2.05, 4.69) is 34.9 Å². The smallest absolute Gasteiger partial charge is 0.407 e.